The highest BCUT2D eigenvalue weighted by atomic mass is 15.3. The van der Waals surface area contributed by atoms with Crippen LogP contribution in [0.4, 0.5) is 0 Å². The summed E-state index contributed by atoms with van der Waals surface area (Å²) < 4.78 is 1.81. The summed E-state index contributed by atoms with van der Waals surface area (Å²) in [5.41, 5.74) is 4.87. The molecule has 22 heavy (non-hydrogen) atoms. The fourth-order valence-electron chi connectivity index (χ4n) is 2.60. The van der Waals surface area contributed by atoms with Crippen molar-refractivity contribution in [1.29, 1.82) is 5.26 Å². The third-order valence-electron chi connectivity index (χ3n) is 3.66. The molecule has 4 nitrogen and oxygen atoms in total. The van der Waals surface area contributed by atoms with E-state index in [1.807, 2.05) is 71.4 Å². The molecule has 0 spiro atoms. The number of hydrogen-bond donors (Lipinski definition) is 1. The molecule has 2 aromatic heterocycles. The molecule has 4 heteroatoms. The van der Waals surface area contributed by atoms with Gasteiger partial charge in [-0.1, -0.05) is 60.7 Å². The average Bonchev–Trinajstić information content (AvgIpc) is 3.14. The minimum Gasteiger partial charge on any atom is -0.291 e. The second-order valence-corrected chi connectivity index (χ2v) is 5.03. The molecule has 1 N–H and O–H groups in total. The van der Waals surface area contributed by atoms with Gasteiger partial charge in [0.15, 0.2) is 5.65 Å². The van der Waals surface area contributed by atoms with Crippen LogP contribution in [0.5, 0.6) is 0 Å². The summed E-state index contributed by atoms with van der Waals surface area (Å²) >= 11 is 0. The topological polar surface area (TPSA) is 56.9 Å². The van der Waals surface area contributed by atoms with Gasteiger partial charge in [-0.3, -0.25) is 5.10 Å². The van der Waals surface area contributed by atoms with Crippen LogP contribution >= 0.6 is 0 Å². The highest BCUT2D eigenvalue weighted by Crippen LogP contribution is 2.27. The molecule has 0 aliphatic rings. The van der Waals surface area contributed by atoms with E-state index in [1.54, 1.807) is 0 Å². The molecule has 0 radical (unpaired) electrons. The van der Waals surface area contributed by atoms with E-state index in [2.05, 4.69) is 16.2 Å². The lowest BCUT2D eigenvalue weighted by atomic mass is 10.1. The minimum atomic E-state index is 0.563. The first-order valence-electron chi connectivity index (χ1n) is 6.99. The van der Waals surface area contributed by atoms with Crippen molar-refractivity contribution in [3.8, 4) is 28.6 Å². The van der Waals surface area contributed by atoms with Crippen molar-refractivity contribution in [3.05, 3.63) is 72.4 Å². The Hall–Kier alpha value is -3.32. The molecule has 0 atom stereocenters. The number of aromatic nitrogens is 3. The summed E-state index contributed by atoms with van der Waals surface area (Å²) in [5, 5.41) is 12.8. The van der Waals surface area contributed by atoms with Crippen LogP contribution in [0.3, 0.4) is 0 Å². The molecular weight excluding hydrogens is 272 g/mol. The summed E-state index contributed by atoms with van der Waals surface area (Å²) in [5.74, 6) is 0. The molecular formula is C18H12N4. The van der Waals surface area contributed by atoms with Crippen molar-refractivity contribution >= 4 is 5.65 Å². The molecule has 0 aliphatic carbocycles. The molecule has 0 saturated carbocycles. The van der Waals surface area contributed by atoms with Gasteiger partial charge in [0.2, 0.25) is 0 Å². The number of fused-ring (bicyclic) bond motifs is 1. The van der Waals surface area contributed by atoms with Crippen LogP contribution in [0, 0.1) is 11.3 Å². The lowest BCUT2D eigenvalue weighted by molar-refractivity contribution is 0.978. The minimum absolute atomic E-state index is 0.563. The highest BCUT2D eigenvalue weighted by molar-refractivity contribution is 5.77. The Morgan fingerprint density at radius 3 is 2.18 bits per heavy atom. The zero-order valence-electron chi connectivity index (χ0n) is 11.7. The molecule has 0 fully saturated rings. The number of nitrogens with one attached hydrogen (secondary N) is 1. The van der Waals surface area contributed by atoms with Gasteiger partial charge in [-0.25, -0.2) is 9.50 Å². The first-order chi connectivity index (χ1) is 10.9. The van der Waals surface area contributed by atoms with E-state index in [1.165, 1.54) is 0 Å². The zero-order chi connectivity index (χ0) is 14.9. The Kier molecular flexibility index (Phi) is 2.77. The van der Waals surface area contributed by atoms with E-state index < -0.39 is 0 Å². The van der Waals surface area contributed by atoms with Crippen molar-refractivity contribution in [1.82, 2.24) is 14.6 Å². The van der Waals surface area contributed by atoms with Crippen molar-refractivity contribution in [3.63, 3.8) is 0 Å². The fraction of sp³-hybridized carbons (Fsp3) is 0. The van der Waals surface area contributed by atoms with Crippen molar-refractivity contribution < 1.29 is 0 Å². The zero-order valence-corrected chi connectivity index (χ0v) is 11.7. The number of imidazole rings is 1. The van der Waals surface area contributed by atoms with Crippen LogP contribution < -0.4 is 0 Å². The highest BCUT2D eigenvalue weighted by Gasteiger charge is 2.16. The van der Waals surface area contributed by atoms with Gasteiger partial charge in [0.1, 0.15) is 11.6 Å². The number of hydrogen-bond acceptors (Lipinski definition) is 2. The van der Waals surface area contributed by atoms with Gasteiger partial charge in [0.05, 0.1) is 17.6 Å². The van der Waals surface area contributed by atoms with Gasteiger partial charge in [0, 0.05) is 11.1 Å². The number of nitriles is 1. The predicted molar refractivity (Wildman–Crippen MR) is 85.1 cm³/mol. The van der Waals surface area contributed by atoms with Crippen LogP contribution in [0.25, 0.3) is 28.2 Å². The number of benzene rings is 2. The van der Waals surface area contributed by atoms with Gasteiger partial charge >= 0.3 is 0 Å². The predicted octanol–water partition coefficient (Wildman–Crippen LogP) is 3.87. The molecule has 0 amide bonds. The maximum atomic E-state index is 9.52. The normalized spacial score (nSPS) is 10.7. The molecule has 4 aromatic rings. The maximum Gasteiger partial charge on any atom is 0.172 e. The molecule has 0 saturated heterocycles. The van der Waals surface area contributed by atoms with Gasteiger partial charge in [-0.05, 0) is 0 Å². The molecule has 0 aliphatic heterocycles. The summed E-state index contributed by atoms with van der Waals surface area (Å²) in [4.78, 5) is 4.61. The van der Waals surface area contributed by atoms with E-state index in [4.69, 9.17) is 0 Å². The van der Waals surface area contributed by atoms with Gasteiger partial charge in [0.25, 0.3) is 0 Å². The standard InChI is InChI=1S/C18H12N4/c19-11-15-17(14-9-5-2-6-10-14)21-22-12-16(20-18(15)22)13-7-3-1-4-8-13/h1-10,12,21H. The number of aromatic amines is 1. The van der Waals surface area contributed by atoms with Crippen molar-refractivity contribution in [2.24, 2.45) is 0 Å². The van der Waals surface area contributed by atoms with E-state index in [0.29, 0.717) is 11.2 Å². The van der Waals surface area contributed by atoms with Gasteiger partial charge in [-0.15, -0.1) is 0 Å². The quantitative estimate of drug-likeness (QED) is 0.607. The molecule has 2 aromatic carbocycles. The first-order valence-corrected chi connectivity index (χ1v) is 6.99. The van der Waals surface area contributed by atoms with Crippen LogP contribution in [-0.2, 0) is 0 Å². The summed E-state index contributed by atoms with van der Waals surface area (Å²) in [6, 6.07) is 22.0. The summed E-state index contributed by atoms with van der Waals surface area (Å²) in [6.07, 6.45) is 1.91. The SMILES string of the molecule is N#Cc1c(-c2ccccc2)[nH]n2cc(-c3ccccc3)nc12. The van der Waals surface area contributed by atoms with E-state index in [-0.39, 0.29) is 0 Å². The molecule has 0 bridgehead atoms. The second kappa shape index (κ2) is 4.90. The lowest BCUT2D eigenvalue weighted by Gasteiger charge is -1.98. The monoisotopic (exact) mass is 284 g/mol. The summed E-state index contributed by atoms with van der Waals surface area (Å²) in [6.45, 7) is 0. The Balaban J connectivity index is 1.90. The molecule has 0 unspecified atom stereocenters. The smallest absolute Gasteiger partial charge is 0.172 e. The third kappa shape index (κ3) is 1.88. The number of rotatable bonds is 2. The van der Waals surface area contributed by atoms with E-state index in [9.17, 15) is 5.26 Å². The van der Waals surface area contributed by atoms with Crippen molar-refractivity contribution in [2.45, 2.75) is 0 Å². The van der Waals surface area contributed by atoms with Crippen LogP contribution in [-0.4, -0.2) is 14.6 Å². The van der Waals surface area contributed by atoms with Crippen LogP contribution in [0.1, 0.15) is 5.56 Å². The maximum absolute atomic E-state index is 9.52. The van der Waals surface area contributed by atoms with Crippen LogP contribution in [0.15, 0.2) is 66.9 Å². The molecule has 2 heterocycles. The number of nitrogens with zero attached hydrogens (tertiary/aromatic N) is 3. The largest absolute Gasteiger partial charge is 0.291 e. The Morgan fingerprint density at radius 1 is 0.909 bits per heavy atom. The fourth-order valence-corrected chi connectivity index (χ4v) is 2.60. The molecule has 104 valence electrons. The van der Waals surface area contributed by atoms with Crippen molar-refractivity contribution in [2.75, 3.05) is 0 Å². The Bertz CT molecular complexity index is 973. The molecule has 4 rings (SSSR count). The number of H-pyrrole nitrogens is 1. The summed E-state index contributed by atoms with van der Waals surface area (Å²) in [7, 11) is 0. The van der Waals surface area contributed by atoms with Gasteiger partial charge in [-0.2, -0.15) is 5.26 Å². The van der Waals surface area contributed by atoms with E-state index >= 15 is 0 Å². The lowest BCUT2D eigenvalue weighted by Crippen LogP contribution is -1.84. The second-order valence-electron chi connectivity index (χ2n) is 5.03. The Labute approximate surface area is 127 Å². The van der Waals surface area contributed by atoms with Crippen LogP contribution in [0.2, 0.25) is 0 Å². The average molecular weight is 284 g/mol. The Morgan fingerprint density at radius 2 is 1.55 bits per heavy atom. The van der Waals surface area contributed by atoms with Gasteiger partial charge < -0.3 is 0 Å². The third-order valence-corrected chi connectivity index (χ3v) is 3.66. The van der Waals surface area contributed by atoms with E-state index in [0.717, 1.165) is 22.5 Å². The first kappa shape index (κ1) is 12.4.